The molecule has 0 rings (SSSR count). The molecule has 0 radical (unpaired) electrons. The van der Waals surface area contributed by atoms with Crippen molar-refractivity contribution in [2.75, 3.05) is 26.4 Å². The van der Waals surface area contributed by atoms with Crippen molar-refractivity contribution in [2.24, 2.45) is 5.73 Å². The summed E-state index contributed by atoms with van der Waals surface area (Å²) in [7, 11) is -4.42. The first-order valence-corrected chi connectivity index (χ1v) is 39.4. The van der Waals surface area contributed by atoms with E-state index in [1.807, 2.05) is 0 Å². The van der Waals surface area contributed by atoms with Gasteiger partial charge in [0, 0.05) is 19.4 Å². The molecule has 2 atom stereocenters. The van der Waals surface area contributed by atoms with Crippen LogP contribution in [0.5, 0.6) is 0 Å². The molecule has 542 valence electrons. The van der Waals surface area contributed by atoms with E-state index < -0.39 is 32.5 Å². The maximum Gasteiger partial charge on any atom is 0.472 e. The number of hydrogen-bond donors (Lipinski definition) is 2. The largest absolute Gasteiger partial charge is 0.472 e. The summed E-state index contributed by atoms with van der Waals surface area (Å²) in [5.74, 6) is -0.862. The van der Waals surface area contributed by atoms with Gasteiger partial charge in [0.15, 0.2) is 6.10 Å². The van der Waals surface area contributed by atoms with Crippen LogP contribution < -0.4 is 5.73 Å². The van der Waals surface area contributed by atoms with Gasteiger partial charge in [-0.1, -0.05) is 328 Å². The van der Waals surface area contributed by atoms with E-state index >= 15 is 0 Å². The number of unbranched alkanes of at least 4 members (excludes halogenated alkanes) is 17. The summed E-state index contributed by atoms with van der Waals surface area (Å²) in [6.07, 6.45) is 124. The quantitative estimate of drug-likeness (QED) is 0.0264. The number of carbonyl (C=O) groups is 2. The molecule has 0 aliphatic rings. The minimum absolute atomic E-state index is 0.0388. The molecule has 0 aromatic rings. The predicted octanol–water partition coefficient (Wildman–Crippen LogP) is 25.7. The van der Waals surface area contributed by atoms with E-state index in [1.165, 1.54) is 44.9 Å². The molecule has 0 amide bonds. The molecule has 0 fully saturated rings. The minimum atomic E-state index is -4.42. The van der Waals surface area contributed by atoms with Gasteiger partial charge in [0.1, 0.15) is 6.61 Å². The second-order valence-electron chi connectivity index (χ2n) is 24.0. The first kappa shape index (κ1) is 91.1. The van der Waals surface area contributed by atoms with Crippen molar-refractivity contribution < 1.29 is 37.6 Å². The third kappa shape index (κ3) is 78.9. The average molecular weight is 1360 g/mol. The van der Waals surface area contributed by atoms with Crippen molar-refractivity contribution >= 4 is 19.8 Å². The third-order valence-corrected chi connectivity index (χ3v) is 16.0. The fraction of sp³-hybridized carbons (Fsp3) is 0.540. The lowest BCUT2D eigenvalue weighted by Gasteiger charge is -2.19. The maximum absolute atomic E-state index is 12.8. The van der Waals surface area contributed by atoms with E-state index in [0.29, 0.717) is 12.8 Å². The molecule has 2 unspecified atom stereocenters. The van der Waals surface area contributed by atoms with Crippen LogP contribution >= 0.6 is 7.82 Å². The number of phosphoric acid groups is 1. The summed E-state index contributed by atoms with van der Waals surface area (Å²) in [6, 6.07) is 0. The Bertz CT molecular complexity index is 2450. The summed E-state index contributed by atoms with van der Waals surface area (Å²) in [5.41, 5.74) is 5.41. The van der Waals surface area contributed by atoms with Gasteiger partial charge < -0.3 is 20.1 Å². The fourth-order valence-electron chi connectivity index (χ4n) is 9.54. The van der Waals surface area contributed by atoms with E-state index in [2.05, 4.69) is 245 Å². The Hall–Kier alpha value is -5.93. The molecule has 0 saturated carbocycles. The van der Waals surface area contributed by atoms with Crippen molar-refractivity contribution in [3.05, 3.63) is 231 Å². The second-order valence-corrected chi connectivity index (χ2v) is 25.5. The van der Waals surface area contributed by atoms with Crippen LogP contribution in [0.25, 0.3) is 0 Å². The predicted molar refractivity (Wildman–Crippen MR) is 421 cm³/mol. The summed E-state index contributed by atoms with van der Waals surface area (Å²) in [4.78, 5) is 35.4. The number of carbonyl (C=O) groups excluding carboxylic acids is 2. The fourth-order valence-corrected chi connectivity index (χ4v) is 10.3. The normalized spacial score (nSPS) is 14.2. The topological polar surface area (TPSA) is 134 Å². The van der Waals surface area contributed by atoms with E-state index in [1.54, 1.807) is 0 Å². The number of hydrogen-bond acceptors (Lipinski definition) is 8. The Morgan fingerprint density at radius 2 is 0.536 bits per heavy atom. The van der Waals surface area contributed by atoms with Crippen LogP contribution in [-0.2, 0) is 32.7 Å². The zero-order chi connectivity index (χ0) is 70.0. The summed E-state index contributed by atoms with van der Waals surface area (Å²) >= 11 is 0. The Balaban J connectivity index is 4.00. The number of nitrogens with two attached hydrogens (primary N) is 1. The summed E-state index contributed by atoms with van der Waals surface area (Å²) in [6.45, 7) is 3.47. The van der Waals surface area contributed by atoms with Crippen LogP contribution in [0.15, 0.2) is 231 Å². The monoisotopic (exact) mass is 1350 g/mol. The third-order valence-electron chi connectivity index (χ3n) is 15.0. The molecule has 0 saturated heterocycles. The smallest absolute Gasteiger partial charge is 0.462 e. The number of allylic oxidation sites excluding steroid dienone is 38. The molecule has 10 heteroatoms. The van der Waals surface area contributed by atoms with E-state index in [0.717, 1.165) is 186 Å². The molecule has 0 aromatic carbocycles. The lowest BCUT2D eigenvalue weighted by molar-refractivity contribution is -0.161. The van der Waals surface area contributed by atoms with Crippen LogP contribution in [0.2, 0.25) is 0 Å². The number of phosphoric ester groups is 1. The number of rotatable bonds is 68. The van der Waals surface area contributed by atoms with Gasteiger partial charge >= 0.3 is 19.8 Å². The second kappa shape index (κ2) is 79.1. The van der Waals surface area contributed by atoms with Gasteiger partial charge in [-0.15, -0.1) is 0 Å². The first-order valence-electron chi connectivity index (χ1n) is 37.9. The average Bonchev–Trinajstić information content (AvgIpc) is 2.17. The van der Waals surface area contributed by atoms with Gasteiger partial charge in [-0.05, 0) is 161 Å². The van der Waals surface area contributed by atoms with Gasteiger partial charge in [-0.25, -0.2) is 4.57 Å². The molecule has 0 aliphatic carbocycles. The molecular weight excluding hydrogens is 1220 g/mol. The number of esters is 2. The molecule has 97 heavy (non-hydrogen) atoms. The summed E-state index contributed by atoms with van der Waals surface area (Å²) in [5, 5.41) is 0. The summed E-state index contributed by atoms with van der Waals surface area (Å²) < 4.78 is 33.2. The van der Waals surface area contributed by atoms with Crippen molar-refractivity contribution in [1.29, 1.82) is 0 Å². The highest BCUT2D eigenvalue weighted by molar-refractivity contribution is 7.47. The van der Waals surface area contributed by atoms with Crippen LogP contribution in [0.4, 0.5) is 0 Å². The van der Waals surface area contributed by atoms with Gasteiger partial charge in [0.25, 0.3) is 0 Å². The van der Waals surface area contributed by atoms with Gasteiger partial charge in [0.2, 0.25) is 0 Å². The molecule has 0 bridgehead atoms. The molecule has 3 N–H and O–H groups in total. The first-order chi connectivity index (χ1) is 47.8. The highest BCUT2D eigenvalue weighted by Crippen LogP contribution is 2.43. The van der Waals surface area contributed by atoms with Crippen molar-refractivity contribution in [2.45, 2.75) is 277 Å². The van der Waals surface area contributed by atoms with Crippen LogP contribution in [-0.4, -0.2) is 49.3 Å². The van der Waals surface area contributed by atoms with Crippen molar-refractivity contribution in [3.63, 3.8) is 0 Å². The zero-order valence-corrected chi connectivity index (χ0v) is 61.9. The Labute approximate surface area is 593 Å². The molecule has 0 heterocycles. The lowest BCUT2D eigenvalue weighted by Crippen LogP contribution is -2.29. The van der Waals surface area contributed by atoms with E-state index in [-0.39, 0.29) is 32.6 Å². The number of ether oxygens (including phenoxy) is 2. The van der Waals surface area contributed by atoms with Crippen molar-refractivity contribution in [1.82, 2.24) is 0 Å². The zero-order valence-electron chi connectivity index (χ0n) is 61.0. The standard InChI is InChI=1S/C87H136NO8P/c1-3-5-7-9-11-13-15-17-19-21-23-25-27-29-31-33-35-37-39-41-42-44-45-47-49-51-53-55-57-59-61-63-65-67-69-71-73-75-77-79-86(89)93-83-85(84-95-97(91,92)94-82-81-88)96-87(90)80-78-76-74-72-70-68-66-64-62-60-58-56-54-52-50-48-46-43-40-38-36-34-32-30-28-26-24-22-20-18-16-14-12-10-8-6-4-2/h5-8,11-14,17-20,23-26,29-32,35-38,41-43,45-47,50-53,56,58,62,64,85H,3-4,9-10,15-16,21-22,27-28,33-34,39-40,44,48-49,54-55,57,59-61,63,65-84,88H2,1-2H3,(H,91,92)/b7-5-,8-6-,13-11-,14-12-,19-17-,20-18-,25-23-,26-24-,31-29-,32-30-,37-35-,38-36-,42-41-,46-43-,47-45-,52-50-,53-51-,58-56-,64-62-. The van der Waals surface area contributed by atoms with Crippen LogP contribution in [0.3, 0.4) is 0 Å². The Morgan fingerprint density at radius 1 is 0.309 bits per heavy atom. The van der Waals surface area contributed by atoms with Gasteiger partial charge in [-0.2, -0.15) is 0 Å². The van der Waals surface area contributed by atoms with Crippen LogP contribution in [0, 0.1) is 0 Å². The highest BCUT2D eigenvalue weighted by atomic mass is 31.2. The van der Waals surface area contributed by atoms with E-state index in [9.17, 15) is 19.0 Å². The van der Waals surface area contributed by atoms with Gasteiger partial charge in [0.05, 0.1) is 13.2 Å². The Morgan fingerprint density at radius 3 is 0.794 bits per heavy atom. The van der Waals surface area contributed by atoms with Crippen LogP contribution in [0.1, 0.15) is 271 Å². The molecule has 0 aromatic heterocycles. The molecule has 0 spiro atoms. The molecular formula is C87H136NO8P. The maximum atomic E-state index is 12.8. The van der Waals surface area contributed by atoms with Crippen molar-refractivity contribution in [3.8, 4) is 0 Å². The minimum Gasteiger partial charge on any atom is -0.462 e. The highest BCUT2D eigenvalue weighted by Gasteiger charge is 2.26. The molecule has 9 nitrogen and oxygen atoms in total. The lowest BCUT2D eigenvalue weighted by atomic mass is 10.0. The Kier molecular flexibility index (Phi) is 74.2. The van der Waals surface area contributed by atoms with Gasteiger partial charge in [-0.3, -0.25) is 18.6 Å². The SMILES string of the molecule is CC/C=C\C/C=C\C/C=C\C/C=C\C/C=C\C/C=C\C/C=C\C/C=C\C/C=C\C/C=C\CCCCCCCCC(=O)OC(COC(=O)CCCCCCCCCCCCC/C=C\C/C=C\C/C=C\C/C=C\C/C=C\C/C=C\C/C=C\C/C=C\C/C=C\CC)COP(=O)(O)OCCN. The van der Waals surface area contributed by atoms with E-state index in [4.69, 9.17) is 24.3 Å². The molecule has 0 aliphatic heterocycles.